The van der Waals surface area contributed by atoms with E-state index in [2.05, 4.69) is 28.9 Å². The van der Waals surface area contributed by atoms with Crippen LogP contribution in [0.2, 0.25) is 5.15 Å². The number of nitrogens with zero attached hydrogens (tertiary/aromatic N) is 3. The zero-order valence-corrected chi connectivity index (χ0v) is 8.91. The Labute approximate surface area is 83.7 Å². The molecule has 1 heterocycles. The van der Waals surface area contributed by atoms with E-state index >= 15 is 0 Å². The Hall–Kier alpha value is -0.830. The van der Waals surface area contributed by atoms with Crippen LogP contribution in [-0.4, -0.2) is 23.3 Å². The van der Waals surface area contributed by atoms with Gasteiger partial charge in [-0.15, -0.1) is 10.2 Å². The standard InChI is InChI=1S/C9H14ClN3/c1-4-7(2)13(3)9-6-5-8(10)11-12-9/h5-7H,4H2,1-3H3. The number of hydrogen-bond donors (Lipinski definition) is 0. The highest BCUT2D eigenvalue weighted by Gasteiger charge is 2.08. The van der Waals surface area contributed by atoms with Crippen molar-refractivity contribution in [3.63, 3.8) is 0 Å². The summed E-state index contributed by atoms with van der Waals surface area (Å²) in [7, 11) is 2.01. The first-order valence-electron chi connectivity index (χ1n) is 4.37. The van der Waals surface area contributed by atoms with Gasteiger partial charge in [-0.2, -0.15) is 0 Å². The van der Waals surface area contributed by atoms with Crippen LogP contribution >= 0.6 is 11.6 Å². The van der Waals surface area contributed by atoms with Crippen molar-refractivity contribution in [3.8, 4) is 0 Å². The molecule has 0 amide bonds. The second kappa shape index (κ2) is 4.42. The molecule has 0 bridgehead atoms. The van der Waals surface area contributed by atoms with Gasteiger partial charge in [-0.3, -0.25) is 0 Å². The summed E-state index contributed by atoms with van der Waals surface area (Å²) >= 11 is 5.64. The van der Waals surface area contributed by atoms with Crippen LogP contribution in [0.4, 0.5) is 5.82 Å². The van der Waals surface area contributed by atoms with Gasteiger partial charge >= 0.3 is 0 Å². The van der Waals surface area contributed by atoms with Gasteiger partial charge in [0.05, 0.1) is 0 Å². The Bertz CT molecular complexity index is 260. The maximum absolute atomic E-state index is 5.64. The summed E-state index contributed by atoms with van der Waals surface area (Å²) in [5.74, 6) is 0.860. The van der Waals surface area contributed by atoms with Crippen LogP contribution in [0.5, 0.6) is 0 Å². The maximum atomic E-state index is 5.64. The normalized spacial score (nSPS) is 12.6. The van der Waals surface area contributed by atoms with Gasteiger partial charge in [-0.1, -0.05) is 18.5 Å². The minimum atomic E-state index is 0.432. The lowest BCUT2D eigenvalue weighted by Crippen LogP contribution is -2.28. The SMILES string of the molecule is CCC(C)N(C)c1ccc(Cl)nn1. The number of halogens is 1. The summed E-state index contributed by atoms with van der Waals surface area (Å²) in [5.41, 5.74) is 0. The molecule has 1 rings (SSSR count). The van der Waals surface area contributed by atoms with E-state index in [1.165, 1.54) is 0 Å². The van der Waals surface area contributed by atoms with Gasteiger partial charge in [0.15, 0.2) is 11.0 Å². The average molecular weight is 200 g/mol. The molecule has 0 aliphatic heterocycles. The molecule has 0 aliphatic carbocycles. The molecular formula is C9H14ClN3. The first-order valence-corrected chi connectivity index (χ1v) is 4.75. The van der Waals surface area contributed by atoms with Gasteiger partial charge in [0, 0.05) is 13.1 Å². The van der Waals surface area contributed by atoms with Crippen molar-refractivity contribution < 1.29 is 0 Å². The Morgan fingerprint density at radius 3 is 2.62 bits per heavy atom. The van der Waals surface area contributed by atoms with Crippen molar-refractivity contribution in [2.24, 2.45) is 0 Å². The van der Waals surface area contributed by atoms with E-state index in [9.17, 15) is 0 Å². The van der Waals surface area contributed by atoms with E-state index < -0.39 is 0 Å². The van der Waals surface area contributed by atoms with Crippen molar-refractivity contribution in [1.82, 2.24) is 10.2 Å². The summed E-state index contributed by atoms with van der Waals surface area (Å²) in [4.78, 5) is 2.09. The van der Waals surface area contributed by atoms with Crippen LogP contribution < -0.4 is 4.90 Å². The Morgan fingerprint density at radius 2 is 2.15 bits per heavy atom. The predicted octanol–water partition coefficient (Wildman–Crippen LogP) is 2.36. The lowest BCUT2D eigenvalue weighted by molar-refractivity contribution is 0.652. The molecule has 1 atom stereocenters. The highest BCUT2D eigenvalue weighted by atomic mass is 35.5. The smallest absolute Gasteiger partial charge is 0.151 e. The van der Waals surface area contributed by atoms with Gasteiger partial charge in [0.25, 0.3) is 0 Å². The average Bonchev–Trinajstić information content (AvgIpc) is 2.17. The van der Waals surface area contributed by atoms with Gasteiger partial charge in [0.1, 0.15) is 0 Å². The van der Waals surface area contributed by atoms with E-state index in [-0.39, 0.29) is 0 Å². The first kappa shape index (κ1) is 10.3. The number of rotatable bonds is 3. The summed E-state index contributed by atoms with van der Waals surface area (Å²) < 4.78 is 0. The molecule has 0 aliphatic rings. The molecule has 0 N–H and O–H groups in total. The summed E-state index contributed by atoms with van der Waals surface area (Å²) in [6, 6.07) is 4.10. The van der Waals surface area contributed by atoms with Crippen molar-refractivity contribution >= 4 is 17.4 Å². The molecule has 0 saturated heterocycles. The monoisotopic (exact) mass is 199 g/mol. The molecule has 1 aromatic rings. The van der Waals surface area contributed by atoms with Gasteiger partial charge in [0.2, 0.25) is 0 Å². The zero-order chi connectivity index (χ0) is 9.84. The van der Waals surface area contributed by atoms with Crippen molar-refractivity contribution in [2.45, 2.75) is 26.3 Å². The molecule has 13 heavy (non-hydrogen) atoms. The largest absolute Gasteiger partial charge is 0.355 e. The van der Waals surface area contributed by atoms with Crippen LogP contribution in [-0.2, 0) is 0 Å². The van der Waals surface area contributed by atoms with Crippen molar-refractivity contribution in [1.29, 1.82) is 0 Å². The molecule has 0 fully saturated rings. The Morgan fingerprint density at radius 1 is 1.46 bits per heavy atom. The Balaban J connectivity index is 2.77. The van der Waals surface area contributed by atoms with E-state index in [0.717, 1.165) is 12.2 Å². The quantitative estimate of drug-likeness (QED) is 0.749. The second-order valence-corrected chi connectivity index (χ2v) is 3.47. The minimum absolute atomic E-state index is 0.432. The number of hydrogen-bond acceptors (Lipinski definition) is 3. The fourth-order valence-corrected chi connectivity index (χ4v) is 1.10. The highest BCUT2D eigenvalue weighted by molar-refractivity contribution is 6.29. The zero-order valence-electron chi connectivity index (χ0n) is 8.16. The lowest BCUT2D eigenvalue weighted by Gasteiger charge is -2.23. The van der Waals surface area contributed by atoms with Gasteiger partial charge in [-0.05, 0) is 25.5 Å². The van der Waals surface area contributed by atoms with Crippen LogP contribution in [0.15, 0.2) is 12.1 Å². The molecular weight excluding hydrogens is 186 g/mol. The van der Waals surface area contributed by atoms with E-state index in [1.807, 2.05) is 13.1 Å². The van der Waals surface area contributed by atoms with Gasteiger partial charge < -0.3 is 4.90 Å². The maximum Gasteiger partial charge on any atom is 0.151 e. The fourth-order valence-electron chi connectivity index (χ4n) is 0.997. The molecule has 1 aromatic heterocycles. The summed E-state index contributed by atoms with van der Waals surface area (Å²) in [5, 5.41) is 8.21. The number of aromatic nitrogens is 2. The fraction of sp³-hybridized carbons (Fsp3) is 0.556. The molecule has 1 unspecified atom stereocenters. The molecule has 0 saturated carbocycles. The van der Waals surface area contributed by atoms with Crippen molar-refractivity contribution in [2.75, 3.05) is 11.9 Å². The predicted molar refractivity (Wildman–Crippen MR) is 55.2 cm³/mol. The second-order valence-electron chi connectivity index (χ2n) is 3.08. The topological polar surface area (TPSA) is 29.0 Å². The van der Waals surface area contributed by atoms with Crippen molar-refractivity contribution in [3.05, 3.63) is 17.3 Å². The molecule has 72 valence electrons. The lowest BCUT2D eigenvalue weighted by atomic mass is 10.2. The third-order valence-corrected chi connectivity index (χ3v) is 2.43. The van der Waals surface area contributed by atoms with Crippen LogP contribution in [0.25, 0.3) is 0 Å². The third-order valence-electron chi connectivity index (χ3n) is 2.23. The highest BCUT2D eigenvalue weighted by Crippen LogP contribution is 2.13. The van der Waals surface area contributed by atoms with E-state index in [4.69, 9.17) is 11.6 Å². The molecule has 0 spiro atoms. The van der Waals surface area contributed by atoms with Crippen LogP contribution in [0.3, 0.4) is 0 Å². The van der Waals surface area contributed by atoms with Crippen LogP contribution in [0, 0.1) is 0 Å². The third kappa shape index (κ3) is 2.56. The number of anilines is 1. The Kier molecular flexibility index (Phi) is 3.48. The molecule has 0 radical (unpaired) electrons. The van der Waals surface area contributed by atoms with E-state index in [0.29, 0.717) is 11.2 Å². The summed E-state index contributed by atoms with van der Waals surface area (Å²) in [6.45, 7) is 4.29. The summed E-state index contributed by atoms with van der Waals surface area (Å²) in [6.07, 6.45) is 1.08. The first-order chi connectivity index (χ1) is 6.15. The molecule has 3 nitrogen and oxygen atoms in total. The van der Waals surface area contributed by atoms with Crippen LogP contribution in [0.1, 0.15) is 20.3 Å². The molecule has 0 aromatic carbocycles. The minimum Gasteiger partial charge on any atom is -0.355 e. The van der Waals surface area contributed by atoms with Gasteiger partial charge in [-0.25, -0.2) is 0 Å². The van der Waals surface area contributed by atoms with E-state index in [1.54, 1.807) is 6.07 Å². The molecule has 4 heteroatoms.